The minimum absolute atomic E-state index is 0.527. The van der Waals surface area contributed by atoms with Gasteiger partial charge >= 0.3 is 0 Å². The van der Waals surface area contributed by atoms with Crippen LogP contribution in [0.2, 0.25) is 0 Å². The third-order valence-electron chi connectivity index (χ3n) is 5.89. The van der Waals surface area contributed by atoms with Crippen molar-refractivity contribution in [1.82, 2.24) is 4.90 Å². The van der Waals surface area contributed by atoms with Crippen molar-refractivity contribution in [3.05, 3.63) is 59.7 Å². The highest BCUT2D eigenvalue weighted by molar-refractivity contribution is 7.92. The molecule has 2 aromatic carbocycles. The van der Waals surface area contributed by atoms with E-state index in [1.165, 1.54) is 16.2 Å². The standard InChI is InChI=1S/C22H29N3O3S/c1-29(27,28)25-11-5-6-18-16-19(9-10-21(18)25)22(26)17-23-12-14-24(15-13-23)20-7-3-2-4-8-20/h2-4,7-10,16,22,26H,5-6,11-15,17H2,1H3. The fourth-order valence-electron chi connectivity index (χ4n) is 4.31. The number of aliphatic hydroxyl groups is 1. The molecule has 2 aliphatic rings. The van der Waals surface area contributed by atoms with Crippen molar-refractivity contribution in [2.45, 2.75) is 18.9 Å². The Morgan fingerprint density at radius 2 is 1.72 bits per heavy atom. The van der Waals surface area contributed by atoms with E-state index in [9.17, 15) is 13.5 Å². The van der Waals surface area contributed by atoms with Crippen LogP contribution < -0.4 is 9.21 Å². The van der Waals surface area contributed by atoms with Gasteiger partial charge in [0.25, 0.3) is 0 Å². The molecule has 0 radical (unpaired) electrons. The summed E-state index contributed by atoms with van der Waals surface area (Å²) in [6, 6.07) is 16.1. The zero-order valence-corrected chi connectivity index (χ0v) is 17.7. The van der Waals surface area contributed by atoms with Crippen LogP contribution >= 0.6 is 0 Å². The van der Waals surface area contributed by atoms with Gasteiger partial charge in [-0.05, 0) is 42.2 Å². The van der Waals surface area contributed by atoms with Crippen molar-refractivity contribution in [3.8, 4) is 0 Å². The maximum atomic E-state index is 12.0. The van der Waals surface area contributed by atoms with E-state index in [2.05, 4.69) is 34.1 Å². The summed E-state index contributed by atoms with van der Waals surface area (Å²) in [7, 11) is -3.27. The number of piperazine rings is 1. The lowest BCUT2D eigenvalue weighted by Crippen LogP contribution is -2.47. The molecule has 1 saturated heterocycles. The lowest BCUT2D eigenvalue weighted by atomic mass is 9.98. The van der Waals surface area contributed by atoms with E-state index in [-0.39, 0.29) is 0 Å². The van der Waals surface area contributed by atoms with Gasteiger partial charge in [-0.2, -0.15) is 0 Å². The molecule has 0 spiro atoms. The van der Waals surface area contributed by atoms with E-state index in [4.69, 9.17) is 0 Å². The molecule has 2 heterocycles. The summed E-state index contributed by atoms with van der Waals surface area (Å²) in [6.45, 7) is 4.85. The molecule has 1 fully saturated rings. The fourth-order valence-corrected chi connectivity index (χ4v) is 5.31. The minimum atomic E-state index is -3.27. The summed E-state index contributed by atoms with van der Waals surface area (Å²) in [5.41, 5.74) is 3.88. The van der Waals surface area contributed by atoms with E-state index in [1.54, 1.807) is 0 Å². The van der Waals surface area contributed by atoms with Gasteiger partial charge in [0, 0.05) is 45.0 Å². The predicted molar refractivity (Wildman–Crippen MR) is 117 cm³/mol. The number of sulfonamides is 1. The van der Waals surface area contributed by atoms with Crippen molar-refractivity contribution in [2.75, 3.05) is 54.7 Å². The molecule has 0 bridgehead atoms. The molecule has 6 nitrogen and oxygen atoms in total. The van der Waals surface area contributed by atoms with Gasteiger partial charge in [-0.3, -0.25) is 9.21 Å². The normalized spacial score (nSPS) is 19.1. The van der Waals surface area contributed by atoms with Gasteiger partial charge in [-0.1, -0.05) is 30.3 Å². The molecule has 0 amide bonds. The van der Waals surface area contributed by atoms with Gasteiger partial charge in [0.1, 0.15) is 0 Å². The Balaban J connectivity index is 1.39. The van der Waals surface area contributed by atoms with Crippen LogP contribution in [0.5, 0.6) is 0 Å². The molecule has 29 heavy (non-hydrogen) atoms. The average molecular weight is 416 g/mol. The highest BCUT2D eigenvalue weighted by atomic mass is 32.2. The second-order valence-electron chi connectivity index (χ2n) is 7.97. The lowest BCUT2D eigenvalue weighted by Gasteiger charge is -2.37. The molecule has 7 heteroatoms. The van der Waals surface area contributed by atoms with Gasteiger partial charge in [0.05, 0.1) is 18.0 Å². The SMILES string of the molecule is CS(=O)(=O)N1CCCc2cc(C(O)CN3CCN(c4ccccc4)CC3)ccc21. The molecule has 2 aliphatic heterocycles. The molecule has 1 atom stereocenters. The summed E-state index contributed by atoms with van der Waals surface area (Å²) < 4.78 is 25.5. The van der Waals surface area contributed by atoms with Crippen molar-refractivity contribution >= 4 is 21.4 Å². The number of benzene rings is 2. The number of rotatable bonds is 5. The Bertz CT molecular complexity index is 941. The Morgan fingerprint density at radius 3 is 2.41 bits per heavy atom. The summed E-state index contributed by atoms with van der Waals surface area (Å²) >= 11 is 0. The molecule has 0 aromatic heterocycles. The lowest BCUT2D eigenvalue weighted by molar-refractivity contribution is 0.109. The van der Waals surface area contributed by atoms with Crippen molar-refractivity contribution < 1.29 is 13.5 Å². The molecule has 0 aliphatic carbocycles. The Hall–Kier alpha value is -2.09. The largest absolute Gasteiger partial charge is 0.387 e. The molecule has 156 valence electrons. The van der Waals surface area contributed by atoms with E-state index in [0.717, 1.165) is 55.8 Å². The van der Waals surface area contributed by atoms with Gasteiger partial charge in [0.15, 0.2) is 0 Å². The zero-order chi connectivity index (χ0) is 20.4. The monoisotopic (exact) mass is 415 g/mol. The first-order chi connectivity index (χ1) is 13.9. The maximum Gasteiger partial charge on any atom is 0.232 e. The van der Waals surface area contributed by atoms with Gasteiger partial charge in [-0.15, -0.1) is 0 Å². The number of β-amino-alcohol motifs (C(OH)–C–C–N with tert-alkyl or cyclic N) is 1. The molecule has 2 aromatic rings. The second-order valence-corrected chi connectivity index (χ2v) is 9.87. The van der Waals surface area contributed by atoms with E-state index >= 15 is 0 Å². The number of hydrogen-bond donors (Lipinski definition) is 1. The van der Waals surface area contributed by atoms with E-state index in [0.29, 0.717) is 13.1 Å². The summed E-state index contributed by atoms with van der Waals surface area (Å²) in [5, 5.41) is 10.8. The first-order valence-corrected chi connectivity index (χ1v) is 12.1. The first-order valence-electron chi connectivity index (χ1n) is 10.2. The van der Waals surface area contributed by atoms with Crippen LogP contribution in [0.3, 0.4) is 0 Å². The topological polar surface area (TPSA) is 64.1 Å². The van der Waals surface area contributed by atoms with Crippen molar-refractivity contribution in [3.63, 3.8) is 0 Å². The first kappa shape index (κ1) is 20.2. The van der Waals surface area contributed by atoms with E-state index in [1.807, 2.05) is 24.3 Å². The maximum absolute atomic E-state index is 12.0. The molecule has 1 unspecified atom stereocenters. The third kappa shape index (κ3) is 4.57. The highest BCUT2D eigenvalue weighted by Gasteiger charge is 2.25. The quantitative estimate of drug-likeness (QED) is 0.812. The molecule has 0 saturated carbocycles. The molecular formula is C22H29N3O3S. The van der Waals surface area contributed by atoms with Crippen LogP contribution in [0.1, 0.15) is 23.7 Å². The molecule has 1 N–H and O–H groups in total. The third-order valence-corrected chi connectivity index (χ3v) is 7.07. The Kier molecular flexibility index (Phi) is 5.81. The minimum Gasteiger partial charge on any atom is -0.387 e. The van der Waals surface area contributed by atoms with Crippen LogP contribution in [0.25, 0.3) is 0 Å². The Labute approximate surface area is 173 Å². The van der Waals surface area contributed by atoms with Crippen LogP contribution in [0.4, 0.5) is 11.4 Å². The summed E-state index contributed by atoms with van der Waals surface area (Å²) in [4.78, 5) is 4.67. The Morgan fingerprint density at radius 1 is 1.00 bits per heavy atom. The van der Waals surface area contributed by atoms with Crippen molar-refractivity contribution in [2.24, 2.45) is 0 Å². The van der Waals surface area contributed by atoms with Gasteiger partial charge < -0.3 is 10.0 Å². The second kappa shape index (κ2) is 8.34. The smallest absolute Gasteiger partial charge is 0.232 e. The van der Waals surface area contributed by atoms with Crippen molar-refractivity contribution in [1.29, 1.82) is 0 Å². The van der Waals surface area contributed by atoms with Gasteiger partial charge in [-0.25, -0.2) is 8.42 Å². The van der Waals surface area contributed by atoms with Gasteiger partial charge in [0.2, 0.25) is 10.0 Å². The van der Waals surface area contributed by atoms with Crippen LogP contribution in [-0.4, -0.2) is 63.9 Å². The number of hydrogen-bond acceptors (Lipinski definition) is 5. The van der Waals surface area contributed by atoms with Crippen LogP contribution in [0.15, 0.2) is 48.5 Å². The number of para-hydroxylation sites is 1. The number of aryl methyl sites for hydroxylation is 1. The number of anilines is 2. The van der Waals surface area contributed by atoms with Crippen LogP contribution in [0, 0.1) is 0 Å². The molecule has 4 rings (SSSR count). The number of aliphatic hydroxyl groups excluding tert-OH is 1. The highest BCUT2D eigenvalue weighted by Crippen LogP contribution is 2.31. The summed E-state index contributed by atoms with van der Waals surface area (Å²) in [6.07, 6.45) is 2.33. The summed E-state index contributed by atoms with van der Waals surface area (Å²) in [5.74, 6) is 0. The zero-order valence-electron chi connectivity index (χ0n) is 16.9. The molecular weight excluding hydrogens is 386 g/mol. The number of fused-ring (bicyclic) bond motifs is 1. The fraction of sp³-hybridized carbons (Fsp3) is 0.455. The van der Waals surface area contributed by atoms with Crippen LogP contribution in [-0.2, 0) is 16.4 Å². The number of nitrogens with zero attached hydrogens (tertiary/aromatic N) is 3. The average Bonchev–Trinajstić information content (AvgIpc) is 2.73. The van der Waals surface area contributed by atoms with E-state index < -0.39 is 16.1 Å². The predicted octanol–water partition coefficient (Wildman–Crippen LogP) is 2.25.